The molecule has 1 aromatic heterocycles. The summed E-state index contributed by atoms with van der Waals surface area (Å²) < 4.78 is 5.59. The van der Waals surface area contributed by atoms with E-state index in [1.807, 2.05) is 48.5 Å². The van der Waals surface area contributed by atoms with Crippen LogP contribution in [0, 0.1) is 0 Å². The Bertz CT molecular complexity index is 730. The quantitative estimate of drug-likeness (QED) is 0.769. The van der Waals surface area contributed by atoms with Gasteiger partial charge in [-0.25, -0.2) is 0 Å². The van der Waals surface area contributed by atoms with Gasteiger partial charge in [0.1, 0.15) is 5.52 Å². The van der Waals surface area contributed by atoms with Gasteiger partial charge in [0.25, 0.3) is 6.01 Å². The molecule has 5 nitrogen and oxygen atoms in total. The van der Waals surface area contributed by atoms with Crippen LogP contribution in [0.5, 0.6) is 0 Å². The number of para-hydroxylation sites is 2. The second-order valence-electron chi connectivity index (χ2n) is 4.72. The molecule has 0 aliphatic carbocycles. The number of amides is 1. The number of aromatic nitrogens is 1. The van der Waals surface area contributed by atoms with Gasteiger partial charge in [-0.3, -0.25) is 4.79 Å². The number of carbonyl (C=O) groups excluding carboxylic acids is 1. The van der Waals surface area contributed by atoms with Crippen molar-refractivity contribution in [2.24, 2.45) is 0 Å². The first-order chi connectivity index (χ1) is 10.2. The SMILES string of the molecule is CC(=O)Nc1ccc(CNc2nc3ccccc3o2)cc1. The number of oxazole rings is 1. The molecular formula is C16H15N3O2. The number of anilines is 2. The Morgan fingerprint density at radius 3 is 2.62 bits per heavy atom. The first-order valence-corrected chi connectivity index (χ1v) is 6.67. The van der Waals surface area contributed by atoms with Crippen LogP contribution < -0.4 is 10.6 Å². The molecule has 0 radical (unpaired) electrons. The molecule has 0 spiro atoms. The predicted octanol–water partition coefficient (Wildman–Crippen LogP) is 3.40. The third kappa shape index (κ3) is 3.20. The van der Waals surface area contributed by atoms with Crippen molar-refractivity contribution in [1.29, 1.82) is 0 Å². The molecular weight excluding hydrogens is 266 g/mol. The summed E-state index contributed by atoms with van der Waals surface area (Å²) in [5.74, 6) is -0.0765. The van der Waals surface area contributed by atoms with Gasteiger partial charge in [0.2, 0.25) is 5.91 Å². The van der Waals surface area contributed by atoms with Gasteiger partial charge in [-0.15, -0.1) is 0 Å². The minimum Gasteiger partial charge on any atom is -0.424 e. The molecule has 3 aromatic rings. The Kier molecular flexibility index (Phi) is 3.55. The number of carbonyl (C=O) groups is 1. The van der Waals surface area contributed by atoms with E-state index in [2.05, 4.69) is 15.6 Å². The topological polar surface area (TPSA) is 67.2 Å². The van der Waals surface area contributed by atoms with Crippen LogP contribution in [0.15, 0.2) is 52.9 Å². The highest BCUT2D eigenvalue weighted by Crippen LogP contribution is 2.19. The number of benzene rings is 2. The molecule has 5 heteroatoms. The zero-order chi connectivity index (χ0) is 14.7. The lowest BCUT2D eigenvalue weighted by atomic mass is 10.2. The van der Waals surface area contributed by atoms with Crippen LogP contribution in [0.3, 0.4) is 0 Å². The van der Waals surface area contributed by atoms with E-state index in [1.165, 1.54) is 6.92 Å². The van der Waals surface area contributed by atoms with E-state index in [9.17, 15) is 4.79 Å². The van der Waals surface area contributed by atoms with E-state index in [1.54, 1.807) is 0 Å². The van der Waals surface area contributed by atoms with Crippen molar-refractivity contribution < 1.29 is 9.21 Å². The van der Waals surface area contributed by atoms with Crippen LogP contribution in [0.4, 0.5) is 11.7 Å². The molecule has 0 unspecified atom stereocenters. The normalized spacial score (nSPS) is 10.5. The maximum Gasteiger partial charge on any atom is 0.295 e. The molecule has 1 amide bonds. The van der Waals surface area contributed by atoms with E-state index in [0.29, 0.717) is 12.6 Å². The van der Waals surface area contributed by atoms with Crippen molar-refractivity contribution in [3.63, 3.8) is 0 Å². The van der Waals surface area contributed by atoms with Crippen molar-refractivity contribution in [2.75, 3.05) is 10.6 Å². The fourth-order valence-corrected chi connectivity index (χ4v) is 2.03. The molecule has 0 aliphatic heterocycles. The monoisotopic (exact) mass is 281 g/mol. The summed E-state index contributed by atoms with van der Waals surface area (Å²) in [6.45, 7) is 2.09. The fraction of sp³-hybridized carbons (Fsp3) is 0.125. The van der Waals surface area contributed by atoms with Crippen molar-refractivity contribution >= 4 is 28.7 Å². The van der Waals surface area contributed by atoms with E-state index in [-0.39, 0.29) is 5.91 Å². The van der Waals surface area contributed by atoms with Crippen molar-refractivity contribution in [2.45, 2.75) is 13.5 Å². The lowest BCUT2D eigenvalue weighted by Crippen LogP contribution is -2.06. The second-order valence-corrected chi connectivity index (χ2v) is 4.72. The number of rotatable bonds is 4. The first-order valence-electron chi connectivity index (χ1n) is 6.67. The summed E-state index contributed by atoms with van der Waals surface area (Å²) in [6.07, 6.45) is 0. The molecule has 0 atom stereocenters. The van der Waals surface area contributed by atoms with Crippen molar-refractivity contribution in [3.8, 4) is 0 Å². The molecule has 0 bridgehead atoms. The number of nitrogens with zero attached hydrogens (tertiary/aromatic N) is 1. The summed E-state index contributed by atoms with van der Waals surface area (Å²) in [4.78, 5) is 15.3. The van der Waals surface area contributed by atoms with Crippen LogP contribution in [0.2, 0.25) is 0 Å². The van der Waals surface area contributed by atoms with Crippen LogP contribution in [-0.2, 0) is 11.3 Å². The van der Waals surface area contributed by atoms with E-state index in [0.717, 1.165) is 22.4 Å². The zero-order valence-corrected chi connectivity index (χ0v) is 11.6. The molecule has 2 N–H and O–H groups in total. The minimum atomic E-state index is -0.0765. The molecule has 106 valence electrons. The van der Waals surface area contributed by atoms with E-state index < -0.39 is 0 Å². The fourth-order valence-electron chi connectivity index (χ4n) is 2.03. The smallest absolute Gasteiger partial charge is 0.295 e. The maximum atomic E-state index is 10.9. The Balaban J connectivity index is 1.65. The molecule has 0 fully saturated rings. The summed E-state index contributed by atoms with van der Waals surface area (Å²) in [7, 11) is 0. The average molecular weight is 281 g/mol. The van der Waals surface area contributed by atoms with Gasteiger partial charge < -0.3 is 15.1 Å². The number of nitrogens with one attached hydrogen (secondary N) is 2. The lowest BCUT2D eigenvalue weighted by molar-refractivity contribution is -0.114. The Labute approximate surface area is 122 Å². The summed E-state index contributed by atoms with van der Waals surface area (Å²) in [5, 5.41) is 5.88. The molecule has 3 rings (SSSR count). The largest absolute Gasteiger partial charge is 0.424 e. The first kappa shape index (κ1) is 13.2. The molecule has 1 heterocycles. The van der Waals surface area contributed by atoms with Gasteiger partial charge in [0.05, 0.1) is 0 Å². The number of hydrogen-bond donors (Lipinski definition) is 2. The van der Waals surface area contributed by atoms with Crippen LogP contribution in [0.25, 0.3) is 11.1 Å². The van der Waals surface area contributed by atoms with E-state index >= 15 is 0 Å². The van der Waals surface area contributed by atoms with Crippen LogP contribution in [-0.4, -0.2) is 10.9 Å². The van der Waals surface area contributed by atoms with Crippen LogP contribution in [0.1, 0.15) is 12.5 Å². The van der Waals surface area contributed by atoms with Gasteiger partial charge in [0, 0.05) is 19.2 Å². The third-order valence-corrected chi connectivity index (χ3v) is 3.01. The van der Waals surface area contributed by atoms with Crippen LogP contribution >= 0.6 is 0 Å². The van der Waals surface area contributed by atoms with Gasteiger partial charge in [0.15, 0.2) is 5.58 Å². The third-order valence-electron chi connectivity index (χ3n) is 3.01. The van der Waals surface area contributed by atoms with Crippen molar-refractivity contribution in [3.05, 3.63) is 54.1 Å². The lowest BCUT2D eigenvalue weighted by Gasteiger charge is -2.05. The van der Waals surface area contributed by atoms with Crippen molar-refractivity contribution in [1.82, 2.24) is 4.98 Å². The van der Waals surface area contributed by atoms with Gasteiger partial charge in [-0.1, -0.05) is 24.3 Å². The molecule has 0 saturated heterocycles. The van der Waals surface area contributed by atoms with Gasteiger partial charge in [-0.2, -0.15) is 4.98 Å². The average Bonchev–Trinajstić information content (AvgIpc) is 2.89. The maximum absolute atomic E-state index is 10.9. The summed E-state index contributed by atoms with van der Waals surface area (Å²) in [6, 6.07) is 15.8. The highest BCUT2D eigenvalue weighted by atomic mass is 16.4. The zero-order valence-electron chi connectivity index (χ0n) is 11.6. The summed E-state index contributed by atoms with van der Waals surface area (Å²) >= 11 is 0. The standard InChI is InChI=1S/C16H15N3O2/c1-11(20)18-13-8-6-12(7-9-13)10-17-16-19-14-4-2-3-5-15(14)21-16/h2-9H,10H2,1H3,(H,17,19)(H,18,20). The molecule has 0 aliphatic rings. The highest BCUT2D eigenvalue weighted by molar-refractivity contribution is 5.88. The van der Waals surface area contributed by atoms with E-state index in [4.69, 9.17) is 4.42 Å². The van der Waals surface area contributed by atoms with Gasteiger partial charge in [-0.05, 0) is 29.8 Å². The number of hydrogen-bond acceptors (Lipinski definition) is 4. The van der Waals surface area contributed by atoms with Gasteiger partial charge >= 0.3 is 0 Å². The number of fused-ring (bicyclic) bond motifs is 1. The molecule has 0 saturated carbocycles. The minimum absolute atomic E-state index is 0.0765. The molecule has 2 aromatic carbocycles. The second kappa shape index (κ2) is 5.66. The highest BCUT2D eigenvalue weighted by Gasteiger charge is 2.04. The predicted molar refractivity (Wildman–Crippen MR) is 82.1 cm³/mol. The molecule has 21 heavy (non-hydrogen) atoms. The summed E-state index contributed by atoms with van der Waals surface area (Å²) in [5.41, 5.74) is 3.46. The Morgan fingerprint density at radius 2 is 1.90 bits per heavy atom. The Hall–Kier alpha value is -2.82. The Morgan fingerprint density at radius 1 is 1.14 bits per heavy atom.